The summed E-state index contributed by atoms with van der Waals surface area (Å²) in [6.07, 6.45) is 8.83. The van der Waals surface area contributed by atoms with Crippen LogP contribution in [-0.2, 0) is 6.42 Å². The molecule has 2 fully saturated rings. The maximum absolute atomic E-state index is 12.4. The van der Waals surface area contributed by atoms with Crippen LogP contribution in [0, 0.1) is 5.92 Å². The first-order chi connectivity index (χ1) is 12.7. The van der Waals surface area contributed by atoms with E-state index in [1.165, 1.54) is 38.6 Å². The van der Waals surface area contributed by atoms with Crippen LogP contribution in [0.4, 0.5) is 4.79 Å². The Morgan fingerprint density at radius 3 is 2.54 bits per heavy atom. The van der Waals surface area contributed by atoms with Gasteiger partial charge in [-0.1, -0.05) is 31.4 Å². The van der Waals surface area contributed by atoms with Crippen LogP contribution in [0.15, 0.2) is 24.3 Å². The minimum atomic E-state index is 0.0586. The molecule has 1 aromatic rings. The molecule has 1 saturated heterocycles. The molecular weight excluding hydrogens is 326 g/mol. The first-order valence-electron chi connectivity index (χ1n) is 10.2. The van der Waals surface area contributed by atoms with Crippen LogP contribution in [0.25, 0.3) is 0 Å². The first-order valence-corrected chi connectivity index (χ1v) is 10.2. The van der Waals surface area contributed by atoms with Crippen LogP contribution >= 0.6 is 0 Å². The molecule has 0 atom stereocenters. The third-order valence-corrected chi connectivity index (χ3v) is 5.74. The summed E-state index contributed by atoms with van der Waals surface area (Å²) < 4.78 is 0. The van der Waals surface area contributed by atoms with Gasteiger partial charge in [-0.05, 0) is 55.8 Å². The minimum absolute atomic E-state index is 0.0586. The molecule has 0 unspecified atom stereocenters. The van der Waals surface area contributed by atoms with Gasteiger partial charge in [0.1, 0.15) is 5.75 Å². The highest BCUT2D eigenvalue weighted by molar-refractivity contribution is 5.74. The van der Waals surface area contributed by atoms with Crippen molar-refractivity contribution in [2.45, 2.75) is 44.9 Å². The second kappa shape index (κ2) is 9.81. The first kappa shape index (κ1) is 19.0. The van der Waals surface area contributed by atoms with Crippen molar-refractivity contribution in [2.24, 2.45) is 5.92 Å². The van der Waals surface area contributed by atoms with Crippen molar-refractivity contribution >= 4 is 6.03 Å². The molecule has 5 heteroatoms. The van der Waals surface area contributed by atoms with Gasteiger partial charge in [0.25, 0.3) is 0 Å². The van der Waals surface area contributed by atoms with Crippen molar-refractivity contribution < 1.29 is 9.90 Å². The Morgan fingerprint density at radius 1 is 1.00 bits per heavy atom. The molecule has 1 aromatic carbocycles. The normalized spacial score (nSPS) is 19.9. The van der Waals surface area contributed by atoms with Crippen molar-refractivity contribution in [3.63, 3.8) is 0 Å². The van der Waals surface area contributed by atoms with Gasteiger partial charge in [-0.15, -0.1) is 0 Å². The topological polar surface area (TPSA) is 55.8 Å². The third-order valence-electron chi connectivity index (χ3n) is 5.74. The number of rotatable bonds is 5. The lowest BCUT2D eigenvalue weighted by Gasteiger charge is -2.28. The lowest BCUT2D eigenvalue weighted by molar-refractivity contribution is 0.190. The molecule has 2 N–H and O–H groups in total. The van der Waals surface area contributed by atoms with Gasteiger partial charge in [0, 0.05) is 32.7 Å². The Kier molecular flexibility index (Phi) is 7.18. The predicted molar refractivity (Wildman–Crippen MR) is 104 cm³/mol. The second-order valence-electron chi connectivity index (χ2n) is 7.79. The molecule has 0 bridgehead atoms. The van der Waals surface area contributed by atoms with Crippen LogP contribution in [-0.4, -0.2) is 60.2 Å². The van der Waals surface area contributed by atoms with Gasteiger partial charge in [0.15, 0.2) is 0 Å². The smallest absolute Gasteiger partial charge is 0.317 e. The molecule has 1 saturated carbocycles. The molecule has 0 aromatic heterocycles. The summed E-state index contributed by atoms with van der Waals surface area (Å²) in [4.78, 5) is 17.0. The molecule has 1 aliphatic carbocycles. The number of carbonyl (C=O) groups is 1. The molecule has 2 amide bonds. The van der Waals surface area contributed by atoms with Crippen molar-refractivity contribution in [2.75, 3.05) is 39.3 Å². The zero-order valence-electron chi connectivity index (χ0n) is 15.8. The van der Waals surface area contributed by atoms with Crippen LogP contribution in [0.1, 0.15) is 44.1 Å². The lowest BCUT2D eigenvalue weighted by atomic mass is 9.89. The Balaban J connectivity index is 1.37. The Labute approximate surface area is 157 Å². The fraction of sp³-hybridized carbons (Fsp3) is 0.667. The van der Waals surface area contributed by atoms with Gasteiger partial charge in [-0.25, -0.2) is 4.79 Å². The molecule has 0 spiro atoms. The van der Waals surface area contributed by atoms with E-state index in [2.05, 4.69) is 10.2 Å². The van der Waals surface area contributed by atoms with Gasteiger partial charge < -0.3 is 20.2 Å². The van der Waals surface area contributed by atoms with E-state index in [0.717, 1.165) is 50.5 Å². The second-order valence-corrected chi connectivity index (χ2v) is 7.79. The molecule has 1 heterocycles. The molecule has 5 nitrogen and oxygen atoms in total. The maximum atomic E-state index is 12.4. The highest BCUT2D eigenvalue weighted by atomic mass is 16.3. The van der Waals surface area contributed by atoms with E-state index in [-0.39, 0.29) is 11.8 Å². The summed E-state index contributed by atoms with van der Waals surface area (Å²) in [6, 6.07) is 7.23. The van der Waals surface area contributed by atoms with Crippen molar-refractivity contribution in [1.82, 2.24) is 15.1 Å². The summed E-state index contributed by atoms with van der Waals surface area (Å²) in [5.41, 5.74) is 1.12. The van der Waals surface area contributed by atoms with E-state index < -0.39 is 0 Å². The van der Waals surface area contributed by atoms with Gasteiger partial charge in [-0.2, -0.15) is 0 Å². The van der Waals surface area contributed by atoms with E-state index in [1.807, 2.05) is 17.0 Å². The maximum Gasteiger partial charge on any atom is 0.317 e. The average molecular weight is 360 g/mol. The highest BCUT2D eigenvalue weighted by Crippen LogP contribution is 2.24. The number of hydrogen-bond acceptors (Lipinski definition) is 3. The molecule has 144 valence electrons. The summed E-state index contributed by atoms with van der Waals surface area (Å²) in [7, 11) is 0. The standard InChI is InChI=1S/C21H33N3O2/c25-20-9-7-18(8-10-20)11-12-22-21(26)24-14-4-13-23(15-16-24)17-19-5-2-1-3-6-19/h7-10,19,25H,1-6,11-17H2,(H,22,26). The number of carbonyl (C=O) groups excluding carboxylic acids is 1. The van der Waals surface area contributed by atoms with Crippen molar-refractivity contribution in [1.29, 1.82) is 0 Å². The number of urea groups is 1. The monoisotopic (exact) mass is 359 g/mol. The van der Waals surface area contributed by atoms with E-state index >= 15 is 0 Å². The van der Waals surface area contributed by atoms with E-state index in [1.54, 1.807) is 12.1 Å². The van der Waals surface area contributed by atoms with Gasteiger partial charge in [0.05, 0.1) is 0 Å². The Morgan fingerprint density at radius 2 is 1.77 bits per heavy atom. The predicted octanol–water partition coefficient (Wildman–Crippen LogP) is 3.23. The van der Waals surface area contributed by atoms with Crippen molar-refractivity contribution in [3.8, 4) is 5.75 Å². The summed E-state index contributed by atoms with van der Waals surface area (Å²) in [5, 5.41) is 12.4. The van der Waals surface area contributed by atoms with Crippen LogP contribution < -0.4 is 5.32 Å². The van der Waals surface area contributed by atoms with E-state index in [4.69, 9.17) is 0 Å². The van der Waals surface area contributed by atoms with Crippen molar-refractivity contribution in [3.05, 3.63) is 29.8 Å². The molecule has 1 aliphatic heterocycles. The molecule has 0 radical (unpaired) electrons. The number of phenolic OH excluding ortho intramolecular Hbond substituents is 1. The zero-order valence-corrected chi connectivity index (χ0v) is 15.8. The SMILES string of the molecule is O=C(NCCc1ccc(O)cc1)N1CCCN(CC2CCCCC2)CC1. The molecule has 2 aliphatic rings. The number of aromatic hydroxyl groups is 1. The summed E-state index contributed by atoms with van der Waals surface area (Å²) in [5.74, 6) is 1.15. The largest absolute Gasteiger partial charge is 0.508 e. The number of nitrogens with one attached hydrogen (secondary N) is 1. The zero-order chi connectivity index (χ0) is 18.2. The number of benzene rings is 1. The fourth-order valence-corrected chi connectivity index (χ4v) is 4.18. The van der Waals surface area contributed by atoms with Crippen LogP contribution in [0.3, 0.4) is 0 Å². The Bertz CT molecular complexity index is 555. The van der Waals surface area contributed by atoms with Crippen LogP contribution in [0.5, 0.6) is 5.75 Å². The highest BCUT2D eigenvalue weighted by Gasteiger charge is 2.22. The molecule has 26 heavy (non-hydrogen) atoms. The molecule has 3 rings (SSSR count). The summed E-state index contributed by atoms with van der Waals surface area (Å²) in [6.45, 7) is 5.65. The van der Waals surface area contributed by atoms with Gasteiger partial charge in [0.2, 0.25) is 0 Å². The summed E-state index contributed by atoms with van der Waals surface area (Å²) >= 11 is 0. The number of hydrogen-bond donors (Lipinski definition) is 2. The fourth-order valence-electron chi connectivity index (χ4n) is 4.18. The Hall–Kier alpha value is -1.75. The third kappa shape index (κ3) is 5.90. The van der Waals surface area contributed by atoms with Gasteiger partial charge in [-0.3, -0.25) is 0 Å². The quantitative estimate of drug-likeness (QED) is 0.849. The average Bonchev–Trinajstić information content (AvgIpc) is 2.90. The lowest BCUT2D eigenvalue weighted by Crippen LogP contribution is -2.43. The number of nitrogens with zero attached hydrogens (tertiary/aromatic N) is 2. The molecular formula is C21H33N3O2. The minimum Gasteiger partial charge on any atom is -0.508 e. The van der Waals surface area contributed by atoms with E-state index in [0.29, 0.717) is 6.54 Å². The van der Waals surface area contributed by atoms with Crippen LogP contribution in [0.2, 0.25) is 0 Å². The number of phenols is 1. The van der Waals surface area contributed by atoms with E-state index in [9.17, 15) is 9.90 Å². The van der Waals surface area contributed by atoms with Gasteiger partial charge >= 0.3 is 6.03 Å². The number of amides is 2.